The Bertz CT molecular complexity index is 164. The second-order valence-electron chi connectivity index (χ2n) is 3.84. The van der Waals surface area contributed by atoms with Gasteiger partial charge in [0.25, 0.3) is 0 Å². The zero-order chi connectivity index (χ0) is 10.6. The zero-order valence-electron chi connectivity index (χ0n) is 9.81. The van der Waals surface area contributed by atoms with Gasteiger partial charge in [0.15, 0.2) is 0 Å². The summed E-state index contributed by atoms with van der Waals surface area (Å²) in [6.45, 7) is 5.24. The van der Waals surface area contributed by atoms with Gasteiger partial charge in [-0.2, -0.15) is 0 Å². The van der Waals surface area contributed by atoms with Gasteiger partial charge in [0, 0.05) is 12.3 Å². The average molecular weight is 195 g/mol. The smallest absolute Gasteiger partial charge is 0.0202 e. The first-order valence-electron chi connectivity index (χ1n) is 6.03. The van der Waals surface area contributed by atoms with Crippen LogP contribution in [0.4, 0.5) is 0 Å². The van der Waals surface area contributed by atoms with Crippen molar-refractivity contribution < 1.29 is 0 Å². The van der Waals surface area contributed by atoms with E-state index in [4.69, 9.17) is 5.73 Å². The third kappa shape index (κ3) is 8.13. The van der Waals surface area contributed by atoms with E-state index < -0.39 is 0 Å². The standard InChI is InChI=1S/C13H25N/c1-3-5-10-13(9-4-2)11-7-6-8-12-14/h13H,3-6,8-10,12,14H2,1-2H3. The molecule has 0 aromatic carbocycles. The van der Waals surface area contributed by atoms with Crippen molar-refractivity contribution >= 4 is 0 Å². The Hall–Kier alpha value is -0.480. The van der Waals surface area contributed by atoms with E-state index in [9.17, 15) is 0 Å². The molecule has 0 aromatic heterocycles. The summed E-state index contributed by atoms with van der Waals surface area (Å²) in [6, 6.07) is 0. The van der Waals surface area contributed by atoms with Crippen LogP contribution in [-0.4, -0.2) is 6.54 Å². The molecule has 0 radical (unpaired) electrons. The quantitative estimate of drug-likeness (QED) is 0.489. The van der Waals surface area contributed by atoms with Crippen LogP contribution in [0.5, 0.6) is 0 Å². The molecule has 0 rings (SSSR count). The molecule has 0 aromatic rings. The highest BCUT2D eigenvalue weighted by molar-refractivity contribution is 5.03. The Morgan fingerprint density at radius 1 is 1.07 bits per heavy atom. The lowest BCUT2D eigenvalue weighted by Gasteiger charge is -2.07. The van der Waals surface area contributed by atoms with E-state index in [1.54, 1.807) is 0 Å². The summed E-state index contributed by atoms with van der Waals surface area (Å²) in [5, 5.41) is 0. The number of hydrogen-bond donors (Lipinski definition) is 1. The van der Waals surface area contributed by atoms with E-state index >= 15 is 0 Å². The number of rotatable bonds is 7. The Labute approximate surface area is 89.5 Å². The fourth-order valence-corrected chi connectivity index (χ4v) is 1.49. The van der Waals surface area contributed by atoms with Crippen molar-refractivity contribution in [2.24, 2.45) is 11.7 Å². The van der Waals surface area contributed by atoms with Gasteiger partial charge in [-0.1, -0.05) is 39.0 Å². The SMILES string of the molecule is CCCCC(C#CCCCN)CCC. The lowest BCUT2D eigenvalue weighted by atomic mass is 9.97. The van der Waals surface area contributed by atoms with Gasteiger partial charge in [-0.15, -0.1) is 5.92 Å². The van der Waals surface area contributed by atoms with E-state index in [-0.39, 0.29) is 0 Å². The first kappa shape index (κ1) is 13.5. The molecule has 2 N–H and O–H groups in total. The highest BCUT2D eigenvalue weighted by Gasteiger charge is 2.01. The molecule has 1 heteroatoms. The number of nitrogens with two attached hydrogens (primary N) is 1. The minimum absolute atomic E-state index is 0.637. The van der Waals surface area contributed by atoms with E-state index in [1.165, 1.54) is 32.1 Å². The summed E-state index contributed by atoms with van der Waals surface area (Å²) < 4.78 is 0. The van der Waals surface area contributed by atoms with Gasteiger partial charge in [0.1, 0.15) is 0 Å². The van der Waals surface area contributed by atoms with E-state index in [0.29, 0.717) is 5.92 Å². The Morgan fingerprint density at radius 3 is 2.43 bits per heavy atom. The predicted molar refractivity (Wildman–Crippen MR) is 64.0 cm³/mol. The molecular weight excluding hydrogens is 170 g/mol. The molecule has 82 valence electrons. The zero-order valence-corrected chi connectivity index (χ0v) is 9.81. The summed E-state index contributed by atoms with van der Waals surface area (Å²) >= 11 is 0. The average Bonchev–Trinajstić information content (AvgIpc) is 2.20. The Kier molecular flexibility index (Phi) is 10.2. The van der Waals surface area contributed by atoms with Gasteiger partial charge in [-0.05, 0) is 25.8 Å². The lowest BCUT2D eigenvalue weighted by Crippen LogP contribution is -1.98. The van der Waals surface area contributed by atoms with Crippen LogP contribution < -0.4 is 5.73 Å². The fraction of sp³-hybridized carbons (Fsp3) is 0.846. The second kappa shape index (κ2) is 10.6. The molecule has 1 nitrogen and oxygen atoms in total. The molecule has 0 amide bonds. The van der Waals surface area contributed by atoms with Crippen LogP contribution in [0.15, 0.2) is 0 Å². The monoisotopic (exact) mass is 195 g/mol. The third-order valence-corrected chi connectivity index (χ3v) is 2.36. The van der Waals surface area contributed by atoms with Crippen LogP contribution >= 0.6 is 0 Å². The van der Waals surface area contributed by atoms with Crippen molar-refractivity contribution in [1.29, 1.82) is 0 Å². The van der Waals surface area contributed by atoms with Crippen LogP contribution in [-0.2, 0) is 0 Å². The van der Waals surface area contributed by atoms with E-state index in [2.05, 4.69) is 25.7 Å². The molecule has 0 spiro atoms. The van der Waals surface area contributed by atoms with Gasteiger partial charge in [0.05, 0.1) is 0 Å². The Morgan fingerprint density at radius 2 is 1.86 bits per heavy atom. The molecule has 0 bridgehead atoms. The van der Waals surface area contributed by atoms with E-state index in [1.807, 2.05) is 0 Å². The maximum absolute atomic E-state index is 5.42. The van der Waals surface area contributed by atoms with Crippen molar-refractivity contribution in [3.05, 3.63) is 0 Å². The predicted octanol–water partition coefficient (Wildman–Crippen LogP) is 3.34. The molecule has 0 aliphatic heterocycles. The van der Waals surface area contributed by atoms with Gasteiger partial charge < -0.3 is 5.73 Å². The van der Waals surface area contributed by atoms with Crippen molar-refractivity contribution in [2.45, 2.75) is 58.8 Å². The summed E-state index contributed by atoms with van der Waals surface area (Å²) in [5.74, 6) is 7.27. The van der Waals surface area contributed by atoms with Gasteiger partial charge >= 0.3 is 0 Å². The molecule has 0 aliphatic rings. The maximum atomic E-state index is 5.42. The maximum Gasteiger partial charge on any atom is 0.0202 e. The fourth-order valence-electron chi connectivity index (χ4n) is 1.49. The molecule has 0 saturated heterocycles. The van der Waals surface area contributed by atoms with Crippen molar-refractivity contribution in [3.8, 4) is 11.8 Å². The minimum atomic E-state index is 0.637. The van der Waals surface area contributed by atoms with Gasteiger partial charge in [-0.3, -0.25) is 0 Å². The first-order valence-corrected chi connectivity index (χ1v) is 6.03. The third-order valence-electron chi connectivity index (χ3n) is 2.36. The highest BCUT2D eigenvalue weighted by atomic mass is 14.5. The molecule has 14 heavy (non-hydrogen) atoms. The summed E-state index contributed by atoms with van der Waals surface area (Å²) in [5.41, 5.74) is 5.42. The van der Waals surface area contributed by atoms with Crippen LogP contribution in [0.3, 0.4) is 0 Å². The van der Waals surface area contributed by atoms with Crippen molar-refractivity contribution in [1.82, 2.24) is 0 Å². The van der Waals surface area contributed by atoms with Crippen molar-refractivity contribution in [3.63, 3.8) is 0 Å². The number of unbranched alkanes of at least 4 members (excludes halogenated alkanes) is 2. The molecule has 1 atom stereocenters. The molecule has 0 heterocycles. The first-order chi connectivity index (χ1) is 6.85. The molecule has 0 saturated carbocycles. The van der Waals surface area contributed by atoms with Crippen LogP contribution in [0.2, 0.25) is 0 Å². The van der Waals surface area contributed by atoms with E-state index in [0.717, 1.165) is 19.4 Å². The topological polar surface area (TPSA) is 26.0 Å². The lowest BCUT2D eigenvalue weighted by molar-refractivity contribution is 0.526. The second-order valence-corrected chi connectivity index (χ2v) is 3.84. The summed E-state index contributed by atoms with van der Waals surface area (Å²) in [4.78, 5) is 0. The van der Waals surface area contributed by atoms with Crippen molar-refractivity contribution in [2.75, 3.05) is 6.54 Å². The summed E-state index contributed by atoms with van der Waals surface area (Å²) in [6.07, 6.45) is 8.40. The van der Waals surface area contributed by atoms with Crippen LogP contribution in [0.25, 0.3) is 0 Å². The normalized spacial score (nSPS) is 11.9. The van der Waals surface area contributed by atoms with Crippen LogP contribution in [0, 0.1) is 17.8 Å². The molecule has 0 aliphatic carbocycles. The summed E-state index contributed by atoms with van der Waals surface area (Å²) in [7, 11) is 0. The molecule has 1 unspecified atom stereocenters. The minimum Gasteiger partial charge on any atom is -0.330 e. The highest BCUT2D eigenvalue weighted by Crippen LogP contribution is 2.13. The van der Waals surface area contributed by atoms with Gasteiger partial charge in [-0.25, -0.2) is 0 Å². The van der Waals surface area contributed by atoms with Crippen LogP contribution in [0.1, 0.15) is 58.8 Å². The van der Waals surface area contributed by atoms with Gasteiger partial charge in [0.2, 0.25) is 0 Å². The molecular formula is C13H25N. The number of hydrogen-bond acceptors (Lipinski definition) is 1. The largest absolute Gasteiger partial charge is 0.330 e. The molecule has 0 fully saturated rings. The Balaban J connectivity index is 3.73.